The molecule has 1 N–H and O–H groups in total. The molecule has 3 heteroatoms. The lowest BCUT2D eigenvalue weighted by atomic mass is 10.1. The normalized spacial score (nSPS) is 10.1. The number of aryl methyl sites for hydroxylation is 1. The molecule has 3 nitrogen and oxygen atoms in total. The lowest BCUT2D eigenvalue weighted by molar-refractivity contribution is 0.201. The minimum atomic E-state index is 0.0525. The first-order valence-electron chi connectivity index (χ1n) is 5.23. The van der Waals surface area contributed by atoms with E-state index in [0.29, 0.717) is 6.61 Å². The Kier molecular flexibility index (Phi) is 4.43. The van der Waals surface area contributed by atoms with Gasteiger partial charge in [0.05, 0.1) is 6.61 Å². The van der Waals surface area contributed by atoms with Gasteiger partial charge in [-0.05, 0) is 30.2 Å². The third-order valence-electron chi connectivity index (χ3n) is 2.27. The number of hydrogen-bond donors (Lipinski definition) is 1. The molecule has 0 aliphatic heterocycles. The average Bonchev–Trinajstić information content (AvgIpc) is 2.25. The zero-order valence-corrected chi connectivity index (χ0v) is 9.66. The molecule has 0 bridgehead atoms. The summed E-state index contributed by atoms with van der Waals surface area (Å²) in [5, 5.41) is 8.66. The predicted molar refractivity (Wildman–Crippen MR) is 62.7 cm³/mol. The quantitative estimate of drug-likeness (QED) is 0.801. The van der Waals surface area contributed by atoms with Crippen LogP contribution < -0.4 is 9.64 Å². The molecule has 1 aromatic rings. The van der Waals surface area contributed by atoms with Crippen LogP contribution in [0.15, 0.2) is 18.2 Å². The van der Waals surface area contributed by atoms with Crippen molar-refractivity contribution in [2.75, 3.05) is 32.2 Å². The summed E-state index contributed by atoms with van der Waals surface area (Å²) in [5.41, 5.74) is 2.48. The Hall–Kier alpha value is -1.22. The number of aliphatic hydroxyl groups excluding tert-OH is 1. The first kappa shape index (κ1) is 11.9. The van der Waals surface area contributed by atoms with Crippen molar-refractivity contribution < 1.29 is 9.84 Å². The summed E-state index contributed by atoms with van der Waals surface area (Å²) in [7, 11) is 4.06. The predicted octanol–water partition coefficient (Wildman–Crippen LogP) is 1.69. The van der Waals surface area contributed by atoms with Gasteiger partial charge in [-0.1, -0.05) is 6.92 Å². The van der Waals surface area contributed by atoms with E-state index in [1.54, 1.807) is 0 Å². The highest BCUT2D eigenvalue weighted by Gasteiger charge is 2.04. The van der Waals surface area contributed by atoms with Gasteiger partial charge in [0.1, 0.15) is 12.4 Å². The van der Waals surface area contributed by atoms with E-state index in [1.807, 2.05) is 32.3 Å². The fourth-order valence-corrected chi connectivity index (χ4v) is 1.53. The van der Waals surface area contributed by atoms with Crippen molar-refractivity contribution in [1.29, 1.82) is 0 Å². The van der Waals surface area contributed by atoms with E-state index >= 15 is 0 Å². The van der Waals surface area contributed by atoms with Crippen molar-refractivity contribution in [2.45, 2.75) is 13.3 Å². The molecule has 0 saturated carbocycles. The second-order valence-corrected chi connectivity index (χ2v) is 3.61. The number of ether oxygens (including phenoxy) is 1. The minimum Gasteiger partial charge on any atom is -0.491 e. The number of aliphatic hydroxyl groups is 1. The molecule has 0 spiro atoms. The van der Waals surface area contributed by atoms with Crippen molar-refractivity contribution in [1.82, 2.24) is 0 Å². The maximum absolute atomic E-state index is 8.66. The van der Waals surface area contributed by atoms with Gasteiger partial charge in [-0.3, -0.25) is 0 Å². The van der Waals surface area contributed by atoms with Crippen LogP contribution in [0.4, 0.5) is 5.69 Å². The first-order valence-corrected chi connectivity index (χ1v) is 5.23. The molecule has 0 aliphatic carbocycles. The molecule has 0 unspecified atom stereocenters. The van der Waals surface area contributed by atoms with Crippen LogP contribution in [0.1, 0.15) is 12.5 Å². The Morgan fingerprint density at radius 2 is 2.07 bits per heavy atom. The summed E-state index contributed by atoms with van der Waals surface area (Å²) in [5.74, 6) is 0.825. The van der Waals surface area contributed by atoms with Crippen molar-refractivity contribution in [3.63, 3.8) is 0 Å². The van der Waals surface area contributed by atoms with Gasteiger partial charge in [0.15, 0.2) is 0 Å². The molecule has 15 heavy (non-hydrogen) atoms. The Labute approximate surface area is 91.3 Å². The molecule has 84 valence electrons. The number of benzene rings is 1. The molecule has 1 aromatic carbocycles. The maximum Gasteiger partial charge on any atom is 0.119 e. The maximum atomic E-state index is 8.66. The molecular weight excluding hydrogens is 190 g/mol. The molecule has 0 fully saturated rings. The van der Waals surface area contributed by atoms with Crippen LogP contribution in [0.2, 0.25) is 0 Å². The molecule has 0 saturated heterocycles. The summed E-state index contributed by atoms with van der Waals surface area (Å²) < 4.78 is 5.36. The minimum absolute atomic E-state index is 0.0525. The Balaban J connectivity index is 2.87. The molecular formula is C12H19NO2. The number of nitrogens with zero attached hydrogens (tertiary/aromatic N) is 1. The van der Waals surface area contributed by atoms with Gasteiger partial charge in [-0.2, -0.15) is 0 Å². The lowest BCUT2D eigenvalue weighted by Gasteiger charge is -2.17. The number of anilines is 1. The van der Waals surface area contributed by atoms with Crippen LogP contribution in [-0.4, -0.2) is 32.4 Å². The van der Waals surface area contributed by atoms with Crippen molar-refractivity contribution in [3.8, 4) is 5.75 Å². The monoisotopic (exact) mass is 209 g/mol. The van der Waals surface area contributed by atoms with Crippen LogP contribution in [0, 0.1) is 0 Å². The van der Waals surface area contributed by atoms with Gasteiger partial charge < -0.3 is 14.7 Å². The lowest BCUT2D eigenvalue weighted by Crippen LogP contribution is -2.11. The van der Waals surface area contributed by atoms with Gasteiger partial charge in [-0.25, -0.2) is 0 Å². The second kappa shape index (κ2) is 5.61. The Morgan fingerprint density at radius 1 is 1.33 bits per heavy atom. The largest absolute Gasteiger partial charge is 0.491 e. The third kappa shape index (κ3) is 3.13. The van der Waals surface area contributed by atoms with Crippen molar-refractivity contribution in [3.05, 3.63) is 23.8 Å². The van der Waals surface area contributed by atoms with E-state index in [9.17, 15) is 0 Å². The Morgan fingerprint density at radius 3 is 2.60 bits per heavy atom. The fraction of sp³-hybridized carbons (Fsp3) is 0.500. The fourth-order valence-electron chi connectivity index (χ4n) is 1.53. The molecule has 0 aromatic heterocycles. The van der Waals surface area contributed by atoms with Crippen LogP contribution in [0.3, 0.4) is 0 Å². The first-order chi connectivity index (χ1) is 7.19. The van der Waals surface area contributed by atoms with Crippen molar-refractivity contribution in [2.24, 2.45) is 0 Å². The van der Waals surface area contributed by atoms with Crippen molar-refractivity contribution >= 4 is 5.69 Å². The average molecular weight is 209 g/mol. The van der Waals surface area contributed by atoms with Crippen LogP contribution in [0.5, 0.6) is 5.75 Å². The van der Waals surface area contributed by atoms with Crippen LogP contribution >= 0.6 is 0 Å². The number of hydrogen-bond acceptors (Lipinski definition) is 3. The van der Waals surface area contributed by atoms with E-state index in [2.05, 4.69) is 11.8 Å². The zero-order valence-electron chi connectivity index (χ0n) is 9.66. The molecule has 0 aliphatic rings. The van der Waals surface area contributed by atoms with E-state index in [0.717, 1.165) is 12.2 Å². The highest BCUT2D eigenvalue weighted by atomic mass is 16.5. The molecule has 0 heterocycles. The second-order valence-electron chi connectivity index (χ2n) is 3.61. The SMILES string of the molecule is CCc1cc(OCCO)ccc1N(C)C. The molecule has 0 amide bonds. The number of rotatable bonds is 5. The van der Waals surface area contributed by atoms with Gasteiger partial charge in [0.2, 0.25) is 0 Å². The highest BCUT2D eigenvalue weighted by Crippen LogP contribution is 2.24. The standard InChI is InChI=1S/C12H19NO2/c1-4-10-9-11(15-8-7-14)5-6-12(10)13(2)3/h5-6,9,14H,4,7-8H2,1-3H3. The molecule has 0 radical (unpaired) electrons. The van der Waals surface area contributed by atoms with Crippen LogP contribution in [0.25, 0.3) is 0 Å². The van der Waals surface area contributed by atoms with Gasteiger partial charge in [0.25, 0.3) is 0 Å². The van der Waals surface area contributed by atoms with Gasteiger partial charge >= 0.3 is 0 Å². The van der Waals surface area contributed by atoms with E-state index in [1.165, 1.54) is 11.3 Å². The molecule has 1 rings (SSSR count). The summed E-state index contributed by atoms with van der Waals surface area (Å²) in [6.45, 7) is 2.53. The highest BCUT2D eigenvalue weighted by molar-refractivity contribution is 5.55. The summed E-state index contributed by atoms with van der Waals surface area (Å²) >= 11 is 0. The van der Waals surface area contributed by atoms with Crippen LogP contribution in [-0.2, 0) is 6.42 Å². The summed E-state index contributed by atoms with van der Waals surface area (Å²) in [6, 6.07) is 6.01. The molecule has 0 atom stereocenters. The van der Waals surface area contributed by atoms with E-state index in [4.69, 9.17) is 9.84 Å². The third-order valence-corrected chi connectivity index (χ3v) is 2.27. The Bertz CT molecular complexity index is 310. The topological polar surface area (TPSA) is 32.7 Å². The van der Waals surface area contributed by atoms with Gasteiger partial charge in [0, 0.05) is 19.8 Å². The zero-order chi connectivity index (χ0) is 11.3. The van der Waals surface area contributed by atoms with E-state index < -0.39 is 0 Å². The smallest absolute Gasteiger partial charge is 0.119 e. The summed E-state index contributed by atoms with van der Waals surface area (Å²) in [6.07, 6.45) is 0.976. The summed E-state index contributed by atoms with van der Waals surface area (Å²) in [4.78, 5) is 2.09. The van der Waals surface area contributed by atoms with E-state index in [-0.39, 0.29) is 6.61 Å². The van der Waals surface area contributed by atoms with Gasteiger partial charge in [-0.15, -0.1) is 0 Å².